The van der Waals surface area contributed by atoms with Gasteiger partial charge in [-0.3, -0.25) is 0 Å². The molecule has 0 spiro atoms. The Morgan fingerprint density at radius 2 is 2.06 bits per heavy atom. The lowest BCUT2D eigenvalue weighted by atomic mass is 10.0. The van der Waals surface area contributed by atoms with Crippen molar-refractivity contribution in [2.75, 3.05) is 19.8 Å². The highest BCUT2D eigenvalue weighted by atomic mass is 28.4. The lowest BCUT2D eigenvalue weighted by molar-refractivity contribution is -0.121. The molecule has 2 rings (SSSR count). The van der Waals surface area contributed by atoms with Crippen molar-refractivity contribution >= 4 is 8.32 Å². The van der Waals surface area contributed by atoms with E-state index < -0.39 is 13.9 Å². The van der Waals surface area contributed by atoms with Crippen LogP contribution in [0, 0.1) is 0 Å². The molecule has 100 valence electrons. The first-order valence-corrected chi connectivity index (χ1v) is 9.17. The summed E-state index contributed by atoms with van der Waals surface area (Å²) in [6.07, 6.45) is -0.107. The van der Waals surface area contributed by atoms with Gasteiger partial charge < -0.3 is 19.0 Å². The molecule has 3 atom stereocenters. The minimum Gasteiger partial charge on any atom is -0.408 e. The third-order valence-corrected chi connectivity index (χ3v) is 8.88. The first kappa shape index (κ1) is 13.5. The van der Waals surface area contributed by atoms with E-state index in [1.54, 1.807) is 0 Å². The molecular weight excluding hydrogens is 236 g/mol. The first-order chi connectivity index (χ1) is 7.72. The van der Waals surface area contributed by atoms with Gasteiger partial charge in [0.2, 0.25) is 0 Å². The maximum absolute atomic E-state index is 9.54. The van der Waals surface area contributed by atoms with Gasteiger partial charge >= 0.3 is 0 Å². The second-order valence-corrected chi connectivity index (χ2v) is 11.4. The van der Waals surface area contributed by atoms with Crippen molar-refractivity contribution in [3.05, 3.63) is 0 Å². The van der Waals surface area contributed by atoms with E-state index in [1.165, 1.54) is 0 Å². The van der Waals surface area contributed by atoms with E-state index in [9.17, 15) is 5.11 Å². The van der Waals surface area contributed by atoms with Crippen LogP contribution in [0.2, 0.25) is 18.1 Å². The fourth-order valence-electron chi connectivity index (χ4n) is 2.12. The van der Waals surface area contributed by atoms with Crippen molar-refractivity contribution in [2.24, 2.45) is 0 Å². The van der Waals surface area contributed by atoms with Gasteiger partial charge in [-0.25, -0.2) is 0 Å². The third kappa shape index (κ3) is 2.08. The minimum absolute atomic E-state index is 0.00345. The largest absolute Gasteiger partial charge is 0.408 e. The number of ether oxygens (including phenoxy) is 2. The molecule has 0 saturated carbocycles. The highest BCUT2D eigenvalue weighted by Crippen LogP contribution is 2.44. The summed E-state index contributed by atoms with van der Waals surface area (Å²) < 4.78 is 17.7. The summed E-state index contributed by atoms with van der Waals surface area (Å²) in [5.74, 6) is 0. The van der Waals surface area contributed by atoms with Crippen LogP contribution in [0.1, 0.15) is 20.8 Å². The molecule has 2 fully saturated rings. The molecule has 2 saturated heterocycles. The molecule has 2 bridgehead atoms. The summed E-state index contributed by atoms with van der Waals surface area (Å²) in [4.78, 5) is 0. The van der Waals surface area contributed by atoms with E-state index in [1.807, 2.05) is 0 Å². The zero-order valence-corrected chi connectivity index (χ0v) is 12.4. The quantitative estimate of drug-likeness (QED) is 0.782. The SMILES string of the molecule is CC(C)(C)[Si](C)(C)O[C@H]1[C@@H]2CO[C@@]1(CO)CO2. The van der Waals surface area contributed by atoms with Crippen LogP contribution in [0.15, 0.2) is 0 Å². The Morgan fingerprint density at radius 1 is 1.41 bits per heavy atom. The highest BCUT2D eigenvalue weighted by molar-refractivity contribution is 6.74. The number of rotatable bonds is 3. The molecule has 4 nitrogen and oxygen atoms in total. The van der Waals surface area contributed by atoms with Crippen molar-refractivity contribution in [2.45, 2.75) is 56.7 Å². The van der Waals surface area contributed by atoms with E-state index in [0.29, 0.717) is 13.2 Å². The van der Waals surface area contributed by atoms with Crippen molar-refractivity contribution in [1.29, 1.82) is 0 Å². The maximum Gasteiger partial charge on any atom is 0.192 e. The monoisotopic (exact) mass is 260 g/mol. The van der Waals surface area contributed by atoms with Crippen LogP contribution in [-0.2, 0) is 13.9 Å². The summed E-state index contributed by atoms with van der Waals surface area (Å²) in [6.45, 7) is 12.0. The third-order valence-electron chi connectivity index (χ3n) is 4.43. The summed E-state index contributed by atoms with van der Waals surface area (Å²) in [6, 6.07) is 0. The normalized spacial score (nSPS) is 37.8. The summed E-state index contributed by atoms with van der Waals surface area (Å²) in [5, 5.41) is 9.70. The molecule has 2 aliphatic rings. The number of hydrogen-bond donors (Lipinski definition) is 1. The molecule has 1 N–H and O–H groups in total. The van der Waals surface area contributed by atoms with E-state index in [-0.39, 0.29) is 23.9 Å². The number of hydrogen-bond acceptors (Lipinski definition) is 4. The average Bonchev–Trinajstić information content (AvgIpc) is 2.72. The molecule has 0 aromatic rings. The lowest BCUT2D eigenvalue weighted by Crippen LogP contribution is -2.52. The van der Waals surface area contributed by atoms with Gasteiger partial charge in [-0.15, -0.1) is 0 Å². The Labute approximate surface area is 104 Å². The van der Waals surface area contributed by atoms with Gasteiger partial charge in [-0.1, -0.05) is 20.8 Å². The van der Waals surface area contributed by atoms with Gasteiger partial charge in [-0.05, 0) is 18.1 Å². The molecule has 2 heterocycles. The van der Waals surface area contributed by atoms with Crippen LogP contribution >= 0.6 is 0 Å². The Hall–Kier alpha value is 0.0569. The predicted molar refractivity (Wildman–Crippen MR) is 67.6 cm³/mol. The van der Waals surface area contributed by atoms with E-state index in [4.69, 9.17) is 13.9 Å². The molecule has 0 radical (unpaired) electrons. The van der Waals surface area contributed by atoms with E-state index in [2.05, 4.69) is 33.9 Å². The zero-order chi connectivity index (χ0) is 12.9. The smallest absolute Gasteiger partial charge is 0.192 e. The second kappa shape index (κ2) is 4.03. The van der Waals surface area contributed by atoms with Crippen LogP contribution in [0.25, 0.3) is 0 Å². The molecule has 17 heavy (non-hydrogen) atoms. The van der Waals surface area contributed by atoms with Gasteiger partial charge in [0.15, 0.2) is 8.32 Å². The standard InChI is InChI=1S/C12H24O4Si/c1-11(2,3)17(4,5)16-10-9-6-15-12(10,7-13)8-14-9/h9-10,13H,6-8H2,1-5H3/t9-,10-,12-/m0/s1. The number of fused-ring (bicyclic) bond motifs is 2. The molecule has 2 aliphatic heterocycles. The van der Waals surface area contributed by atoms with Crippen LogP contribution in [0.3, 0.4) is 0 Å². The molecule has 5 heteroatoms. The van der Waals surface area contributed by atoms with Crippen LogP contribution in [0.5, 0.6) is 0 Å². The number of aliphatic hydroxyl groups is 1. The van der Waals surface area contributed by atoms with Gasteiger partial charge in [0.25, 0.3) is 0 Å². The zero-order valence-electron chi connectivity index (χ0n) is 11.4. The number of aliphatic hydroxyl groups excluding tert-OH is 1. The molecule has 0 aliphatic carbocycles. The van der Waals surface area contributed by atoms with Crippen LogP contribution in [-0.4, -0.2) is 51.1 Å². The van der Waals surface area contributed by atoms with Crippen LogP contribution in [0.4, 0.5) is 0 Å². The molecule has 0 amide bonds. The van der Waals surface area contributed by atoms with Crippen molar-refractivity contribution < 1.29 is 19.0 Å². The Bertz CT molecular complexity index is 289. The fraction of sp³-hybridized carbons (Fsp3) is 1.00. The molecule has 0 aromatic carbocycles. The van der Waals surface area contributed by atoms with Gasteiger partial charge in [0, 0.05) is 0 Å². The summed E-state index contributed by atoms with van der Waals surface area (Å²) in [7, 11) is -1.85. The van der Waals surface area contributed by atoms with Gasteiger partial charge in [0.1, 0.15) is 17.8 Å². The average molecular weight is 260 g/mol. The molecular formula is C12H24O4Si. The van der Waals surface area contributed by atoms with Gasteiger partial charge in [-0.2, -0.15) is 0 Å². The highest BCUT2D eigenvalue weighted by Gasteiger charge is 2.59. The van der Waals surface area contributed by atoms with Crippen LogP contribution < -0.4 is 0 Å². The van der Waals surface area contributed by atoms with Gasteiger partial charge in [0.05, 0.1) is 19.8 Å². The fourth-order valence-corrected chi connectivity index (χ4v) is 3.48. The van der Waals surface area contributed by atoms with Crippen molar-refractivity contribution in [3.63, 3.8) is 0 Å². The minimum atomic E-state index is -1.85. The Morgan fingerprint density at radius 3 is 2.47 bits per heavy atom. The van der Waals surface area contributed by atoms with E-state index in [0.717, 1.165) is 0 Å². The Kier molecular flexibility index (Phi) is 3.20. The topological polar surface area (TPSA) is 47.9 Å². The first-order valence-electron chi connectivity index (χ1n) is 6.26. The van der Waals surface area contributed by atoms with Crippen molar-refractivity contribution in [3.8, 4) is 0 Å². The lowest BCUT2D eigenvalue weighted by Gasteiger charge is -2.40. The van der Waals surface area contributed by atoms with Crippen molar-refractivity contribution in [1.82, 2.24) is 0 Å². The maximum atomic E-state index is 9.54. The molecule has 0 aromatic heterocycles. The second-order valence-electron chi connectivity index (χ2n) is 6.68. The predicted octanol–water partition coefficient (Wildman–Crippen LogP) is 1.54. The van der Waals surface area contributed by atoms with E-state index >= 15 is 0 Å². The molecule has 0 unspecified atom stereocenters. The Balaban J connectivity index is 2.15. The summed E-state index contributed by atoms with van der Waals surface area (Å²) in [5.41, 5.74) is -0.611. The summed E-state index contributed by atoms with van der Waals surface area (Å²) >= 11 is 0.